The van der Waals surface area contributed by atoms with Crippen LogP contribution in [0.3, 0.4) is 0 Å². The molecule has 0 saturated carbocycles. The van der Waals surface area contributed by atoms with Gasteiger partial charge in [0.1, 0.15) is 5.52 Å². The fraction of sp³-hybridized carbons (Fsp3) is 0.182. The molecule has 4 aromatic rings. The number of rotatable bonds is 5. The fourth-order valence-electron chi connectivity index (χ4n) is 3.43. The van der Waals surface area contributed by atoms with Gasteiger partial charge in [-0.15, -0.1) is 5.10 Å². The van der Waals surface area contributed by atoms with Gasteiger partial charge in [-0.3, -0.25) is 9.59 Å². The first-order chi connectivity index (χ1) is 13.7. The topological polar surface area (TPSA) is 68.1 Å². The maximum absolute atomic E-state index is 12.9. The van der Waals surface area contributed by atoms with Crippen LogP contribution >= 0.6 is 0 Å². The first kappa shape index (κ1) is 17.9. The minimum absolute atomic E-state index is 0.0549. The van der Waals surface area contributed by atoms with Crippen LogP contribution in [0.25, 0.3) is 21.7 Å². The van der Waals surface area contributed by atoms with Crippen LogP contribution in [-0.2, 0) is 11.3 Å². The highest BCUT2D eigenvalue weighted by molar-refractivity contribution is 6.03. The molecule has 0 saturated heterocycles. The summed E-state index contributed by atoms with van der Waals surface area (Å²) in [4.78, 5) is 27.2. The maximum atomic E-state index is 12.9. The molecule has 1 aromatic heterocycles. The molecular formula is C22H20N4O2. The van der Waals surface area contributed by atoms with E-state index < -0.39 is 0 Å². The number of benzene rings is 3. The summed E-state index contributed by atoms with van der Waals surface area (Å²) >= 11 is 0. The number of carbonyl (C=O) groups excluding carboxylic acids is 1. The highest BCUT2D eigenvalue weighted by Gasteiger charge is 2.17. The Kier molecular flexibility index (Phi) is 4.85. The van der Waals surface area contributed by atoms with Gasteiger partial charge in [0.2, 0.25) is 5.91 Å². The normalized spacial score (nSPS) is 11.0. The third-order valence-corrected chi connectivity index (χ3v) is 4.84. The second kappa shape index (κ2) is 7.60. The quantitative estimate of drug-likeness (QED) is 0.539. The van der Waals surface area contributed by atoms with Gasteiger partial charge in [-0.1, -0.05) is 53.7 Å². The minimum Gasteiger partial charge on any atom is -0.312 e. The number of nitrogens with zero attached hydrogens (tertiary/aromatic N) is 4. The van der Waals surface area contributed by atoms with E-state index in [0.29, 0.717) is 17.4 Å². The van der Waals surface area contributed by atoms with E-state index in [4.69, 9.17) is 0 Å². The van der Waals surface area contributed by atoms with Crippen LogP contribution in [0.5, 0.6) is 0 Å². The van der Waals surface area contributed by atoms with Crippen molar-refractivity contribution in [1.29, 1.82) is 0 Å². The highest BCUT2D eigenvalue weighted by Crippen LogP contribution is 2.27. The van der Waals surface area contributed by atoms with Crippen molar-refractivity contribution in [2.24, 2.45) is 0 Å². The van der Waals surface area contributed by atoms with Crippen molar-refractivity contribution < 1.29 is 4.79 Å². The molecule has 1 heterocycles. The van der Waals surface area contributed by atoms with Crippen LogP contribution in [0.15, 0.2) is 71.5 Å². The lowest BCUT2D eigenvalue weighted by atomic mass is 10.1. The number of hydrogen-bond donors (Lipinski definition) is 0. The molecule has 1 amide bonds. The molecule has 0 spiro atoms. The van der Waals surface area contributed by atoms with Gasteiger partial charge in [0, 0.05) is 18.4 Å². The van der Waals surface area contributed by atoms with Crippen molar-refractivity contribution in [3.8, 4) is 0 Å². The van der Waals surface area contributed by atoms with E-state index in [1.165, 1.54) is 4.68 Å². The number of hydrogen-bond acceptors (Lipinski definition) is 4. The summed E-state index contributed by atoms with van der Waals surface area (Å²) in [5, 5.41) is 10.7. The predicted molar refractivity (Wildman–Crippen MR) is 110 cm³/mol. The van der Waals surface area contributed by atoms with Gasteiger partial charge < -0.3 is 4.90 Å². The van der Waals surface area contributed by atoms with E-state index >= 15 is 0 Å². The SMILES string of the molecule is CCN(C(=O)CCn1nnc2ccccc2c1=O)c1cccc2ccccc12. The molecule has 28 heavy (non-hydrogen) atoms. The molecule has 0 aliphatic carbocycles. The van der Waals surface area contributed by atoms with E-state index in [9.17, 15) is 9.59 Å². The average Bonchev–Trinajstić information content (AvgIpc) is 2.74. The number of fused-ring (bicyclic) bond motifs is 2. The molecular weight excluding hydrogens is 352 g/mol. The summed E-state index contributed by atoms with van der Waals surface area (Å²) in [6, 6.07) is 21.0. The molecule has 3 aromatic carbocycles. The van der Waals surface area contributed by atoms with E-state index in [0.717, 1.165) is 16.5 Å². The molecule has 6 heteroatoms. The van der Waals surface area contributed by atoms with Crippen LogP contribution in [-0.4, -0.2) is 27.4 Å². The van der Waals surface area contributed by atoms with Crippen LogP contribution in [0.4, 0.5) is 5.69 Å². The molecule has 6 nitrogen and oxygen atoms in total. The van der Waals surface area contributed by atoms with Crippen molar-refractivity contribution >= 4 is 33.3 Å². The van der Waals surface area contributed by atoms with Gasteiger partial charge in [-0.2, -0.15) is 0 Å². The second-order valence-electron chi connectivity index (χ2n) is 6.52. The van der Waals surface area contributed by atoms with Gasteiger partial charge in [0.25, 0.3) is 5.56 Å². The van der Waals surface area contributed by atoms with Crippen LogP contribution in [0.2, 0.25) is 0 Å². The molecule has 140 valence electrons. The molecule has 0 aliphatic rings. The highest BCUT2D eigenvalue weighted by atomic mass is 16.2. The predicted octanol–water partition coefficient (Wildman–Crippen LogP) is 3.39. The van der Waals surface area contributed by atoms with Crippen LogP contribution in [0, 0.1) is 0 Å². The van der Waals surface area contributed by atoms with Crippen LogP contribution in [0.1, 0.15) is 13.3 Å². The number of amides is 1. The van der Waals surface area contributed by atoms with Gasteiger partial charge in [-0.05, 0) is 30.5 Å². The standard InChI is InChI=1S/C22H20N4O2/c1-2-25(20-13-7-9-16-8-3-4-10-17(16)20)21(27)14-15-26-22(28)18-11-5-6-12-19(18)23-24-26/h3-13H,2,14-15H2,1H3. The van der Waals surface area contributed by atoms with E-state index in [-0.39, 0.29) is 24.4 Å². The Labute approximate surface area is 162 Å². The number of aromatic nitrogens is 3. The zero-order valence-electron chi connectivity index (χ0n) is 15.6. The van der Waals surface area contributed by atoms with Gasteiger partial charge in [-0.25, -0.2) is 4.68 Å². The Morgan fingerprint density at radius 1 is 0.964 bits per heavy atom. The zero-order valence-corrected chi connectivity index (χ0v) is 15.6. The van der Waals surface area contributed by atoms with Crippen LogP contribution < -0.4 is 10.5 Å². The van der Waals surface area contributed by atoms with Gasteiger partial charge in [0.05, 0.1) is 17.6 Å². The Balaban J connectivity index is 1.59. The Morgan fingerprint density at radius 2 is 1.68 bits per heavy atom. The summed E-state index contributed by atoms with van der Waals surface area (Å²) in [5.74, 6) is -0.0549. The molecule has 0 bridgehead atoms. The third-order valence-electron chi connectivity index (χ3n) is 4.84. The summed E-state index contributed by atoms with van der Waals surface area (Å²) < 4.78 is 1.26. The number of aryl methyl sites for hydroxylation is 1. The summed E-state index contributed by atoms with van der Waals surface area (Å²) in [6.45, 7) is 2.68. The molecule has 0 atom stereocenters. The lowest BCUT2D eigenvalue weighted by molar-refractivity contribution is -0.118. The van der Waals surface area contributed by atoms with Crippen molar-refractivity contribution in [3.05, 3.63) is 77.1 Å². The summed E-state index contributed by atoms with van der Waals surface area (Å²) in [7, 11) is 0. The van der Waals surface area contributed by atoms with Gasteiger partial charge >= 0.3 is 0 Å². The fourth-order valence-corrected chi connectivity index (χ4v) is 3.43. The molecule has 0 N–H and O–H groups in total. The molecule has 0 fully saturated rings. The Bertz CT molecular complexity index is 1210. The first-order valence-corrected chi connectivity index (χ1v) is 9.29. The smallest absolute Gasteiger partial charge is 0.277 e. The molecule has 0 aliphatic heterocycles. The Hall–Kier alpha value is -3.54. The summed E-state index contributed by atoms with van der Waals surface area (Å²) in [5.41, 5.74) is 1.20. The lowest BCUT2D eigenvalue weighted by Gasteiger charge is -2.23. The molecule has 0 radical (unpaired) electrons. The number of carbonyl (C=O) groups is 1. The Morgan fingerprint density at radius 3 is 2.50 bits per heavy atom. The maximum Gasteiger partial charge on any atom is 0.277 e. The van der Waals surface area contributed by atoms with E-state index in [1.54, 1.807) is 23.1 Å². The largest absolute Gasteiger partial charge is 0.312 e. The second-order valence-corrected chi connectivity index (χ2v) is 6.52. The zero-order chi connectivity index (χ0) is 19.5. The van der Waals surface area contributed by atoms with Crippen molar-refractivity contribution in [1.82, 2.24) is 15.0 Å². The van der Waals surface area contributed by atoms with Gasteiger partial charge in [0.15, 0.2) is 0 Å². The molecule has 4 rings (SSSR count). The average molecular weight is 372 g/mol. The number of anilines is 1. The monoisotopic (exact) mass is 372 g/mol. The van der Waals surface area contributed by atoms with Crippen molar-refractivity contribution in [2.45, 2.75) is 19.9 Å². The molecule has 0 unspecified atom stereocenters. The summed E-state index contributed by atoms with van der Waals surface area (Å²) in [6.07, 6.45) is 0.171. The van der Waals surface area contributed by atoms with E-state index in [1.807, 2.05) is 55.5 Å². The van der Waals surface area contributed by atoms with Crippen molar-refractivity contribution in [2.75, 3.05) is 11.4 Å². The minimum atomic E-state index is -0.230. The first-order valence-electron chi connectivity index (χ1n) is 9.29. The van der Waals surface area contributed by atoms with Crippen molar-refractivity contribution in [3.63, 3.8) is 0 Å². The van der Waals surface area contributed by atoms with E-state index in [2.05, 4.69) is 10.3 Å². The third kappa shape index (κ3) is 3.24. The lowest BCUT2D eigenvalue weighted by Crippen LogP contribution is -2.33.